The van der Waals surface area contributed by atoms with Crippen LogP contribution in [0, 0.1) is 0 Å². The predicted molar refractivity (Wildman–Crippen MR) is 167 cm³/mol. The Morgan fingerprint density at radius 1 is 0.698 bits per heavy atom. The highest BCUT2D eigenvalue weighted by molar-refractivity contribution is 5.87. The number of ether oxygens (including phenoxy) is 6. The monoisotopic (exact) mass is 596 g/mol. The Morgan fingerprint density at radius 2 is 1.09 bits per heavy atom. The first-order valence-corrected chi connectivity index (χ1v) is 15.0. The molecule has 8 heteroatoms. The zero-order valence-corrected chi connectivity index (χ0v) is 26.8. The third-order valence-corrected chi connectivity index (χ3v) is 6.62. The average Bonchev–Trinajstić information content (AvgIpc) is 3.00. The van der Waals surface area contributed by atoms with Crippen molar-refractivity contribution in [3.8, 4) is 11.5 Å². The zero-order chi connectivity index (χ0) is 32.0. The van der Waals surface area contributed by atoms with Crippen molar-refractivity contribution in [3.05, 3.63) is 84.0 Å². The van der Waals surface area contributed by atoms with E-state index >= 15 is 0 Å². The summed E-state index contributed by atoms with van der Waals surface area (Å²) in [4.78, 5) is 24.0. The first kappa shape index (κ1) is 35.6. The van der Waals surface area contributed by atoms with E-state index in [1.807, 2.05) is 69.3 Å². The van der Waals surface area contributed by atoms with Crippen LogP contribution < -0.4 is 9.47 Å². The maximum atomic E-state index is 12.0. The van der Waals surface area contributed by atoms with Crippen molar-refractivity contribution in [1.29, 1.82) is 0 Å². The van der Waals surface area contributed by atoms with Crippen molar-refractivity contribution in [1.82, 2.24) is 0 Å². The molecule has 0 spiro atoms. The smallest absolute Gasteiger partial charge is 0.336 e. The van der Waals surface area contributed by atoms with Gasteiger partial charge in [0, 0.05) is 37.2 Å². The third-order valence-electron chi connectivity index (χ3n) is 6.62. The molecule has 0 saturated carbocycles. The molecule has 3 unspecified atom stereocenters. The second kappa shape index (κ2) is 17.5. The second-order valence-electron chi connectivity index (χ2n) is 10.4. The minimum absolute atomic E-state index is 0.311. The lowest BCUT2D eigenvalue weighted by Crippen LogP contribution is -2.43. The fourth-order valence-electron chi connectivity index (χ4n) is 4.28. The quantitative estimate of drug-likeness (QED) is 0.0929. The van der Waals surface area contributed by atoms with Crippen LogP contribution in [0.15, 0.2) is 72.8 Å². The molecule has 0 fully saturated rings. The zero-order valence-electron chi connectivity index (χ0n) is 26.8. The number of rotatable bonds is 19. The van der Waals surface area contributed by atoms with Crippen LogP contribution in [0.5, 0.6) is 11.5 Å². The van der Waals surface area contributed by atoms with Crippen molar-refractivity contribution < 1.29 is 38.0 Å². The molecule has 0 amide bonds. The number of hydrogen-bond donors (Lipinski definition) is 0. The van der Waals surface area contributed by atoms with Crippen molar-refractivity contribution >= 4 is 11.9 Å². The number of carbonyl (C=O) groups is 2. The normalized spacial score (nSPS) is 14.5. The van der Waals surface area contributed by atoms with Crippen molar-refractivity contribution in [2.45, 2.75) is 98.4 Å². The predicted octanol–water partition coefficient (Wildman–Crippen LogP) is 7.64. The Balaban J connectivity index is 2.46. The fraction of sp³-hybridized carbons (Fsp3) is 0.486. The maximum Gasteiger partial charge on any atom is 0.336 e. The molecule has 2 aromatic carbocycles. The molecule has 0 heterocycles. The summed E-state index contributed by atoms with van der Waals surface area (Å²) >= 11 is 0. The van der Waals surface area contributed by atoms with E-state index in [4.69, 9.17) is 28.4 Å². The van der Waals surface area contributed by atoms with Crippen molar-refractivity contribution in [2.24, 2.45) is 0 Å². The molecular weight excluding hydrogens is 548 g/mol. The van der Waals surface area contributed by atoms with Gasteiger partial charge in [0.25, 0.3) is 0 Å². The summed E-state index contributed by atoms with van der Waals surface area (Å²) in [6, 6.07) is 15.1. The van der Waals surface area contributed by atoms with Crippen LogP contribution in [-0.4, -0.2) is 43.8 Å². The van der Waals surface area contributed by atoms with E-state index in [1.165, 1.54) is 0 Å². The molecule has 0 aliphatic heterocycles. The van der Waals surface area contributed by atoms with Gasteiger partial charge in [0.15, 0.2) is 0 Å². The van der Waals surface area contributed by atoms with E-state index in [2.05, 4.69) is 27.0 Å². The highest BCUT2D eigenvalue weighted by Gasteiger charge is 2.42. The number of esters is 2. The molecule has 0 N–H and O–H groups in total. The lowest BCUT2D eigenvalue weighted by molar-refractivity contribution is -0.160. The lowest BCUT2D eigenvalue weighted by atomic mass is 9.81. The Bertz CT molecular complexity index is 1100. The summed E-state index contributed by atoms with van der Waals surface area (Å²) in [5, 5.41) is 0. The van der Waals surface area contributed by atoms with Gasteiger partial charge in [-0.2, -0.15) is 0 Å². The standard InChI is InChI=1S/C35H48O8/c1-10-22-38-26(9)35(39-23-11-2,27-14-18-29(19-15-27)40-31(12-3)42-33(36)24(5)6)28-16-20-30(21-17-28)41-32(13-4)43-34(37)25(7)8/h14-21,26,31-32H,5,7,10-13,22-23H2,1-4,6,8-9H3. The molecule has 0 saturated heterocycles. The van der Waals surface area contributed by atoms with Gasteiger partial charge in [-0.05, 0) is 69.0 Å². The average molecular weight is 597 g/mol. The Labute approximate surface area is 257 Å². The highest BCUT2D eigenvalue weighted by atomic mass is 16.7. The van der Waals surface area contributed by atoms with Crippen LogP contribution in [-0.2, 0) is 34.1 Å². The van der Waals surface area contributed by atoms with Crippen molar-refractivity contribution in [2.75, 3.05) is 13.2 Å². The summed E-state index contributed by atoms with van der Waals surface area (Å²) < 4.78 is 35.7. The molecule has 8 nitrogen and oxygen atoms in total. The molecule has 2 rings (SSSR count). The molecule has 3 atom stereocenters. The molecule has 43 heavy (non-hydrogen) atoms. The SMILES string of the molecule is C=C(C)C(=O)OC(CC)Oc1ccc(C(OCCC)(c2ccc(OC(CC)OC(=O)C(=C)C)cc2)C(C)OCCC)cc1. The Hall–Kier alpha value is -3.62. The van der Waals surface area contributed by atoms with E-state index in [-0.39, 0.29) is 6.10 Å². The molecule has 236 valence electrons. The van der Waals surface area contributed by atoms with Gasteiger partial charge in [-0.25, -0.2) is 9.59 Å². The summed E-state index contributed by atoms with van der Waals surface area (Å²) in [6.45, 7) is 21.4. The van der Waals surface area contributed by atoms with Crippen LogP contribution >= 0.6 is 0 Å². The van der Waals surface area contributed by atoms with Crippen LogP contribution in [0.2, 0.25) is 0 Å². The summed E-state index contributed by atoms with van der Waals surface area (Å²) in [5.74, 6) is 0.110. The Morgan fingerprint density at radius 3 is 1.42 bits per heavy atom. The van der Waals surface area contributed by atoms with Gasteiger partial charge < -0.3 is 28.4 Å². The minimum Gasteiger partial charge on any atom is -0.455 e. The highest BCUT2D eigenvalue weighted by Crippen LogP contribution is 2.40. The van der Waals surface area contributed by atoms with E-state index in [0.29, 0.717) is 48.7 Å². The number of hydrogen-bond acceptors (Lipinski definition) is 8. The number of carbonyl (C=O) groups excluding carboxylic acids is 2. The van der Waals surface area contributed by atoms with E-state index in [0.717, 1.165) is 24.0 Å². The molecule has 0 bridgehead atoms. The van der Waals surface area contributed by atoms with Gasteiger partial charge in [-0.3, -0.25) is 0 Å². The van der Waals surface area contributed by atoms with Crippen LogP contribution in [0.3, 0.4) is 0 Å². The molecule has 0 aliphatic rings. The lowest BCUT2D eigenvalue weighted by Gasteiger charge is -2.40. The summed E-state index contributed by atoms with van der Waals surface area (Å²) in [5.41, 5.74) is 1.42. The minimum atomic E-state index is -0.949. The topological polar surface area (TPSA) is 89.5 Å². The van der Waals surface area contributed by atoms with E-state index < -0.39 is 30.1 Å². The third kappa shape index (κ3) is 9.97. The molecule has 0 aliphatic carbocycles. The van der Waals surface area contributed by atoms with E-state index in [9.17, 15) is 9.59 Å². The molecule has 0 radical (unpaired) electrons. The molecule has 2 aromatic rings. The van der Waals surface area contributed by atoms with Crippen molar-refractivity contribution in [3.63, 3.8) is 0 Å². The van der Waals surface area contributed by atoms with E-state index in [1.54, 1.807) is 13.8 Å². The van der Waals surface area contributed by atoms with Gasteiger partial charge in [0.1, 0.15) is 17.1 Å². The molecule has 0 aromatic heterocycles. The second-order valence-corrected chi connectivity index (χ2v) is 10.4. The summed E-state index contributed by atoms with van der Waals surface area (Å²) in [7, 11) is 0. The fourth-order valence-corrected chi connectivity index (χ4v) is 4.28. The first-order chi connectivity index (χ1) is 20.5. The van der Waals surface area contributed by atoms with Gasteiger partial charge in [-0.15, -0.1) is 0 Å². The Kier molecular flexibility index (Phi) is 14.5. The van der Waals surface area contributed by atoms with Gasteiger partial charge in [0.05, 0.1) is 6.10 Å². The largest absolute Gasteiger partial charge is 0.455 e. The van der Waals surface area contributed by atoms with Gasteiger partial charge in [0.2, 0.25) is 12.6 Å². The number of benzene rings is 2. The van der Waals surface area contributed by atoms with Gasteiger partial charge in [-0.1, -0.05) is 65.1 Å². The van der Waals surface area contributed by atoms with Gasteiger partial charge >= 0.3 is 11.9 Å². The van der Waals surface area contributed by atoms with Crippen LogP contribution in [0.4, 0.5) is 0 Å². The molecular formula is C35H48O8. The maximum absolute atomic E-state index is 12.0. The summed E-state index contributed by atoms with van der Waals surface area (Å²) in [6.07, 6.45) is 0.795. The van der Waals surface area contributed by atoms with Crippen LogP contribution in [0.1, 0.15) is 85.3 Å². The van der Waals surface area contributed by atoms with Crippen LogP contribution in [0.25, 0.3) is 0 Å². The first-order valence-electron chi connectivity index (χ1n) is 15.0.